The number of halogens is 1. The van der Waals surface area contributed by atoms with E-state index in [4.69, 9.17) is 4.74 Å². The summed E-state index contributed by atoms with van der Waals surface area (Å²) in [5.74, 6) is -0.209. The summed E-state index contributed by atoms with van der Waals surface area (Å²) in [7, 11) is 0. The Morgan fingerprint density at radius 1 is 1.29 bits per heavy atom. The van der Waals surface area contributed by atoms with Gasteiger partial charge < -0.3 is 10.1 Å². The van der Waals surface area contributed by atoms with Crippen LogP contribution in [0.4, 0.5) is 4.79 Å². The summed E-state index contributed by atoms with van der Waals surface area (Å²) in [5, 5.41) is 5.49. The number of fused-ring (bicyclic) bond motifs is 3. The number of hydrogen-bond donors (Lipinski definition) is 2. The van der Waals surface area contributed by atoms with E-state index in [2.05, 4.69) is 32.6 Å². The molecule has 1 saturated heterocycles. The Balaban J connectivity index is 1.78. The van der Waals surface area contributed by atoms with Crippen LogP contribution in [0.15, 0.2) is 22.7 Å². The first-order chi connectivity index (χ1) is 11.5. The Morgan fingerprint density at radius 2 is 2.04 bits per heavy atom. The van der Waals surface area contributed by atoms with Crippen molar-refractivity contribution in [1.82, 2.24) is 10.6 Å². The topological polar surface area (TPSA) is 67.4 Å². The highest BCUT2D eigenvalue weighted by Crippen LogP contribution is 2.59. The maximum atomic E-state index is 12.9. The molecule has 1 unspecified atom stereocenters. The number of imide groups is 1. The van der Waals surface area contributed by atoms with Gasteiger partial charge in [-0.2, -0.15) is 0 Å². The minimum Gasteiger partial charge on any atom is -0.379 e. The number of urea groups is 1. The van der Waals surface area contributed by atoms with Gasteiger partial charge in [0.05, 0.1) is 6.10 Å². The van der Waals surface area contributed by atoms with Crippen LogP contribution in [-0.2, 0) is 21.5 Å². The standard InChI is InChI=1S/C18H21BrN2O3/c1-2-24-13-5-7-17(8-6-13)10-11-3-4-12(19)9-14(11)18(17)15(22)20-16(23)21-18/h3-4,9,13H,2,5-8,10H2,1H3,(H2,20,21,22,23). The predicted octanol–water partition coefficient (Wildman–Crippen LogP) is 3.01. The molecule has 24 heavy (non-hydrogen) atoms. The zero-order valence-corrected chi connectivity index (χ0v) is 15.2. The molecular formula is C18H21BrN2O3. The molecule has 1 aliphatic heterocycles. The van der Waals surface area contributed by atoms with Crippen molar-refractivity contribution in [2.45, 2.75) is 50.7 Å². The van der Waals surface area contributed by atoms with Crippen molar-refractivity contribution in [3.63, 3.8) is 0 Å². The van der Waals surface area contributed by atoms with E-state index in [1.807, 2.05) is 19.1 Å². The first-order valence-corrected chi connectivity index (χ1v) is 9.34. The number of nitrogens with one attached hydrogen (secondary N) is 2. The number of amides is 3. The van der Waals surface area contributed by atoms with Crippen molar-refractivity contribution >= 4 is 27.9 Å². The summed E-state index contributed by atoms with van der Waals surface area (Å²) in [5.41, 5.74) is 0.890. The van der Waals surface area contributed by atoms with E-state index in [9.17, 15) is 9.59 Å². The number of ether oxygens (including phenoxy) is 1. The Morgan fingerprint density at radius 3 is 2.67 bits per heavy atom. The molecule has 3 aliphatic rings. The third-order valence-corrected chi connectivity index (χ3v) is 6.45. The molecular weight excluding hydrogens is 372 g/mol. The van der Waals surface area contributed by atoms with Crippen LogP contribution < -0.4 is 10.6 Å². The van der Waals surface area contributed by atoms with Crippen molar-refractivity contribution < 1.29 is 14.3 Å². The molecule has 5 nitrogen and oxygen atoms in total. The summed E-state index contributed by atoms with van der Waals surface area (Å²) < 4.78 is 6.71. The lowest BCUT2D eigenvalue weighted by Gasteiger charge is -2.46. The van der Waals surface area contributed by atoms with Gasteiger partial charge in [0.2, 0.25) is 0 Å². The highest BCUT2D eigenvalue weighted by molar-refractivity contribution is 9.10. The summed E-state index contributed by atoms with van der Waals surface area (Å²) in [6.07, 6.45) is 4.67. The van der Waals surface area contributed by atoms with Gasteiger partial charge in [0.1, 0.15) is 0 Å². The van der Waals surface area contributed by atoms with Crippen LogP contribution in [0, 0.1) is 5.41 Å². The van der Waals surface area contributed by atoms with Gasteiger partial charge in [0.15, 0.2) is 5.54 Å². The van der Waals surface area contributed by atoms with Crippen LogP contribution in [0.1, 0.15) is 43.7 Å². The maximum absolute atomic E-state index is 12.9. The molecule has 1 saturated carbocycles. The van der Waals surface area contributed by atoms with E-state index < -0.39 is 5.54 Å². The SMILES string of the molecule is CCOC1CCC2(CC1)Cc1ccc(Br)cc1C21NC(=O)NC1=O. The van der Waals surface area contributed by atoms with Gasteiger partial charge in [-0.1, -0.05) is 22.0 Å². The fourth-order valence-corrected chi connectivity index (χ4v) is 5.31. The number of benzene rings is 1. The Bertz CT molecular complexity index is 712. The zero-order valence-electron chi connectivity index (χ0n) is 13.7. The van der Waals surface area contributed by atoms with Crippen LogP contribution in [0.5, 0.6) is 0 Å². The summed E-state index contributed by atoms with van der Waals surface area (Å²) >= 11 is 3.51. The smallest absolute Gasteiger partial charge is 0.322 e. The molecule has 2 spiro atoms. The van der Waals surface area contributed by atoms with Crippen LogP contribution in [-0.4, -0.2) is 24.6 Å². The van der Waals surface area contributed by atoms with Gasteiger partial charge in [-0.15, -0.1) is 0 Å². The van der Waals surface area contributed by atoms with Gasteiger partial charge in [0.25, 0.3) is 5.91 Å². The molecule has 1 heterocycles. The molecule has 128 valence electrons. The quantitative estimate of drug-likeness (QED) is 0.760. The highest BCUT2D eigenvalue weighted by atomic mass is 79.9. The molecule has 2 fully saturated rings. The number of rotatable bonds is 2. The molecule has 4 rings (SSSR count). The lowest BCUT2D eigenvalue weighted by molar-refractivity contribution is -0.131. The van der Waals surface area contributed by atoms with Crippen molar-refractivity contribution in [3.8, 4) is 0 Å². The van der Waals surface area contributed by atoms with Gasteiger partial charge in [-0.05, 0) is 62.3 Å². The lowest BCUT2D eigenvalue weighted by atomic mass is 9.61. The third kappa shape index (κ3) is 2.09. The van der Waals surface area contributed by atoms with E-state index in [1.165, 1.54) is 0 Å². The largest absolute Gasteiger partial charge is 0.379 e. The molecule has 0 bridgehead atoms. The Kier molecular flexibility index (Phi) is 3.73. The molecule has 2 N–H and O–H groups in total. The molecule has 3 amide bonds. The summed E-state index contributed by atoms with van der Waals surface area (Å²) in [6.45, 7) is 2.73. The van der Waals surface area contributed by atoms with Crippen molar-refractivity contribution in [2.24, 2.45) is 5.41 Å². The van der Waals surface area contributed by atoms with Gasteiger partial charge in [-0.25, -0.2) is 4.79 Å². The van der Waals surface area contributed by atoms with Crippen molar-refractivity contribution in [3.05, 3.63) is 33.8 Å². The average Bonchev–Trinajstić information content (AvgIpc) is 2.99. The predicted molar refractivity (Wildman–Crippen MR) is 92.5 cm³/mol. The fraction of sp³-hybridized carbons (Fsp3) is 0.556. The zero-order chi connectivity index (χ0) is 16.9. The van der Waals surface area contributed by atoms with E-state index in [0.29, 0.717) is 6.61 Å². The van der Waals surface area contributed by atoms with Crippen LogP contribution in [0.3, 0.4) is 0 Å². The van der Waals surface area contributed by atoms with Crippen LogP contribution in [0.25, 0.3) is 0 Å². The molecule has 6 heteroatoms. The minimum atomic E-state index is -0.944. The third-order valence-electron chi connectivity index (χ3n) is 5.96. The van der Waals surface area contributed by atoms with E-state index in [1.54, 1.807) is 0 Å². The van der Waals surface area contributed by atoms with E-state index in [0.717, 1.165) is 47.7 Å². The second-order valence-corrected chi connectivity index (χ2v) is 7.99. The monoisotopic (exact) mass is 392 g/mol. The molecule has 1 atom stereocenters. The molecule has 1 aromatic rings. The number of carbonyl (C=O) groups excluding carboxylic acids is 2. The molecule has 1 aromatic carbocycles. The van der Waals surface area contributed by atoms with Crippen molar-refractivity contribution in [2.75, 3.05) is 6.61 Å². The first-order valence-electron chi connectivity index (χ1n) is 8.55. The van der Waals surface area contributed by atoms with Gasteiger partial charge in [0, 0.05) is 16.5 Å². The second kappa shape index (κ2) is 5.56. The minimum absolute atomic E-state index is 0.209. The maximum Gasteiger partial charge on any atom is 0.322 e. The molecule has 0 aromatic heterocycles. The van der Waals surface area contributed by atoms with E-state index >= 15 is 0 Å². The Labute approximate surface area is 149 Å². The van der Waals surface area contributed by atoms with Gasteiger partial charge in [-0.3, -0.25) is 10.1 Å². The Hall–Kier alpha value is -1.40. The van der Waals surface area contributed by atoms with E-state index in [-0.39, 0.29) is 23.5 Å². The average molecular weight is 393 g/mol. The molecule has 2 aliphatic carbocycles. The summed E-state index contributed by atoms with van der Waals surface area (Å²) in [4.78, 5) is 24.9. The fourth-order valence-electron chi connectivity index (χ4n) is 4.95. The molecule has 0 radical (unpaired) electrons. The van der Waals surface area contributed by atoms with Crippen molar-refractivity contribution in [1.29, 1.82) is 0 Å². The second-order valence-electron chi connectivity index (χ2n) is 7.07. The summed E-state index contributed by atoms with van der Waals surface area (Å²) in [6, 6.07) is 5.68. The van der Waals surface area contributed by atoms with Crippen LogP contribution in [0.2, 0.25) is 0 Å². The van der Waals surface area contributed by atoms with Crippen LogP contribution >= 0.6 is 15.9 Å². The highest BCUT2D eigenvalue weighted by Gasteiger charge is 2.66. The number of hydrogen-bond acceptors (Lipinski definition) is 3. The first kappa shape index (κ1) is 16.1. The van der Waals surface area contributed by atoms with Gasteiger partial charge >= 0.3 is 6.03 Å². The lowest BCUT2D eigenvalue weighted by Crippen LogP contribution is -2.56. The normalized spacial score (nSPS) is 34.5. The number of carbonyl (C=O) groups is 2.